The fourth-order valence-corrected chi connectivity index (χ4v) is 12.3. The number of nitrogens with zero attached hydrogens (tertiary/aromatic N) is 7. The Labute approximate surface area is 394 Å². The number of likely N-dealkylation sites (tertiary alicyclic amines) is 3. The molecule has 4 aromatic rings. The lowest BCUT2D eigenvalue weighted by Gasteiger charge is -2.48. The minimum Gasteiger partial charge on any atom is -0.350 e. The maximum Gasteiger partial charge on any atom is 0.251 e. The number of carbonyl (C=O) groups excluding carboxylic acids is 4. The Kier molecular flexibility index (Phi) is 12.4. The molecule has 1 atom stereocenters. The zero-order valence-electron chi connectivity index (χ0n) is 40.1. The number of halogens is 1. The number of pyridine rings is 1. The fourth-order valence-electron chi connectivity index (χ4n) is 12.3. The van der Waals surface area contributed by atoms with Gasteiger partial charge in [0.25, 0.3) is 5.91 Å². The highest BCUT2D eigenvalue weighted by atomic mass is 19.1. The van der Waals surface area contributed by atoms with Gasteiger partial charge in [0.1, 0.15) is 11.3 Å². The molecule has 67 heavy (non-hydrogen) atoms. The van der Waals surface area contributed by atoms with Crippen molar-refractivity contribution in [3.05, 3.63) is 65.2 Å². The first-order chi connectivity index (χ1) is 32.3. The van der Waals surface area contributed by atoms with Crippen molar-refractivity contribution in [2.24, 2.45) is 11.8 Å². The average molecular weight is 914 g/mol. The van der Waals surface area contributed by atoms with Crippen molar-refractivity contribution in [1.82, 2.24) is 34.6 Å². The summed E-state index contributed by atoms with van der Waals surface area (Å²) in [5.74, 6) is 0.00580. The van der Waals surface area contributed by atoms with Crippen LogP contribution in [0.15, 0.2) is 42.7 Å². The van der Waals surface area contributed by atoms with E-state index in [9.17, 15) is 14.4 Å². The van der Waals surface area contributed by atoms with Crippen LogP contribution in [0, 0.1) is 24.6 Å². The molecule has 6 aliphatic rings. The van der Waals surface area contributed by atoms with E-state index in [4.69, 9.17) is 9.97 Å². The highest BCUT2D eigenvalue weighted by Gasteiger charge is 2.56. The Balaban J connectivity index is 0.954. The molecule has 2 aliphatic carbocycles. The summed E-state index contributed by atoms with van der Waals surface area (Å²) in [7, 11) is 0. The Morgan fingerprint density at radius 2 is 1.52 bits per heavy atom. The molecule has 13 nitrogen and oxygen atoms in total. The van der Waals surface area contributed by atoms with Gasteiger partial charge in [0.15, 0.2) is 5.82 Å². The summed E-state index contributed by atoms with van der Waals surface area (Å²) in [5.41, 5.74) is 5.04. The Morgan fingerprint density at radius 3 is 2.24 bits per heavy atom. The second-order valence-electron chi connectivity index (χ2n) is 21.2. The molecule has 3 saturated heterocycles. The number of benzene rings is 2. The van der Waals surface area contributed by atoms with E-state index in [1.807, 2.05) is 40.3 Å². The van der Waals surface area contributed by atoms with Crippen molar-refractivity contribution in [2.45, 2.75) is 148 Å². The number of hydrogen-bond acceptors (Lipinski definition) is 8. The van der Waals surface area contributed by atoms with Crippen molar-refractivity contribution in [3.8, 4) is 11.3 Å². The minimum atomic E-state index is -0.748. The molecule has 0 radical (unpaired) electrons. The Hall–Kier alpha value is -5.37. The number of aryl methyl sites for hydroxylation is 1. The number of rotatable bonds is 10. The van der Waals surface area contributed by atoms with Gasteiger partial charge in [-0.3, -0.25) is 19.2 Å². The molecule has 4 amide bonds. The van der Waals surface area contributed by atoms with Gasteiger partial charge in [-0.05, 0) is 141 Å². The summed E-state index contributed by atoms with van der Waals surface area (Å²) in [6.07, 6.45) is 14.5. The topological polar surface area (TPSA) is 136 Å². The zero-order valence-corrected chi connectivity index (χ0v) is 40.1. The smallest absolute Gasteiger partial charge is 0.251 e. The second kappa shape index (κ2) is 18.3. The SMILES string of the molecule is Cc1cc(F)c(Nc2nc(-c3ccc4c(c3)N(C3CC(N5CCCCC5)C3)C(=O)C43CCN(C(=O)C4CCN(C(=O)C5CCCCC5)C4)CC3)cc3ncn(C(C)C)c23)cc1C(=O)NC(C)C. The standard InChI is InChI=1S/C53H68FN9O4/c1-32(2)56-49(64)40-28-44(42(54)24-34(40)5)58-48-47-45(55-31-62(47)33(3)4)29-43(57-48)36-14-15-41-46(25-36)63(39-26-38(27-39)59-19-10-7-11-20-59)52(67)53(41)17-22-60(23-18-53)51(66)37-16-21-61(30-37)50(65)35-12-8-6-9-13-35/h14-15,24-25,28-29,31-33,35,37-39H,6-13,16-23,26-27,30H2,1-5H3,(H,56,64)(H,57,58). The highest BCUT2D eigenvalue weighted by Crippen LogP contribution is 2.52. The van der Waals surface area contributed by atoms with Crippen LogP contribution < -0.4 is 15.5 Å². The van der Waals surface area contributed by atoms with Gasteiger partial charge >= 0.3 is 0 Å². The molecule has 10 rings (SSSR count). The third kappa shape index (κ3) is 8.39. The fraction of sp³-hybridized carbons (Fsp3) is 0.585. The molecule has 2 aromatic carbocycles. The first-order valence-corrected chi connectivity index (χ1v) is 25.4. The number of hydrogen-bond donors (Lipinski definition) is 2. The van der Waals surface area contributed by atoms with Crippen LogP contribution in [0.3, 0.4) is 0 Å². The number of imidazole rings is 1. The quantitative estimate of drug-likeness (QED) is 0.162. The number of amides is 4. The van der Waals surface area contributed by atoms with E-state index in [1.165, 1.54) is 31.7 Å². The van der Waals surface area contributed by atoms with Crippen molar-refractivity contribution < 1.29 is 23.6 Å². The van der Waals surface area contributed by atoms with Gasteiger partial charge in [-0.15, -0.1) is 0 Å². The number of nitrogens with one attached hydrogen (secondary N) is 2. The van der Waals surface area contributed by atoms with Crippen LogP contribution >= 0.6 is 0 Å². The Bertz CT molecular complexity index is 2560. The lowest BCUT2D eigenvalue weighted by molar-refractivity contribution is -0.140. The Morgan fingerprint density at radius 1 is 0.806 bits per heavy atom. The van der Waals surface area contributed by atoms with E-state index in [1.54, 1.807) is 19.3 Å². The van der Waals surface area contributed by atoms with Crippen LogP contribution in [-0.4, -0.2) is 110 Å². The zero-order chi connectivity index (χ0) is 46.7. The molecule has 5 fully saturated rings. The largest absolute Gasteiger partial charge is 0.350 e. The lowest BCUT2D eigenvalue weighted by atomic mass is 9.73. The van der Waals surface area contributed by atoms with Crippen LogP contribution in [-0.2, 0) is 19.8 Å². The molecule has 1 unspecified atom stereocenters. The first kappa shape index (κ1) is 45.4. The molecule has 14 heteroatoms. The monoisotopic (exact) mass is 914 g/mol. The summed E-state index contributed by atoms with van der Waals surface area (Å²) >= 11 is 0. The van der Waals surface area contributed by atoms with E-state index in [0.29, 0.717) is 85.2 Å². The average Bonchev–Trinajstić information content (AvgIpc) is 4.04. The third-order valence-corrected chi connectivity index (χ3v) is 16.1. The molecular formula is C53H68FN9O4. The molecule has 4 aliphatic heterocycles. The van der Waals surface area contributed by atoms with Crippen molar-refractivity contribution in [1.29, 1.82) is 0 Å². The van der Waals surface area contributed by atoms with Crippen molar-refractivity contribution >= 4 is 51.9 Å². The van der Waals surface area contributed by atoms with Gasteiger partial charge in [0, 0.05) is 73.1 Å². The van der Waals surface area contributed by atoms with E-state index in [-0.39, 0.29) is 59.3 Å². The van der Waals surface area contributed by atoms with Crippen LogP contribution in [0.5, 0.6) is 0 Å². The predicted octanol–water partition coefficient (Wildman–Crippen LogP) is 8.66. The van der Waals surface area contributed by atoms with E-state index in [0.717, 1.165) is 68.4 Å². The number of carbonyl (C=O) groups is 4. The number of fused-ring (bicyclic) bond motifs is 3. The van der Waals surface area contributed by atoms with Crippen LogP contribution in [0.2, 0.25) is 0 Å². The molecule has 0 bridgehead atoms. The van der Waals surface area contributed by atoms with E-state index >= 15 is 9.18 Å². The lowest BCUT2D eigenvalue weighted by Crippen LogP contribution is -2.58. The minimum absolute atomic E-state index is 0.0328. The van der Waals surface area contributed by atoms with Crippen LogP contribution in [0.25, 0.3) is 22.3 Å². The second-order valence-corrected chi connectivity index (χ2v) is 21.2. The number of aromatic nitrogens is 3. The van der Waals surface area contributed by atoms with Gasteiger partial charge in [0.2, 0.25) is 17.7 Å². The number of piperidine rings is 2. The van der Waals surface area contributed by atoms with Gasteiger partial charge in [0.05, 0.1) is 34.6 Å². The van der Waals surface area contributed by atoms with Gasteiger partial charge in [-0.1, -0.05) is 37.8 Å². The third-order valence-electron chi connectivity index (χ3n) is 16.1. The summed E-state index contributed by atoms with van der Waals surface area (Å²) in [6.45, 7) is 14.0. The first-order valence-electron chi connectivity index (χ1n) is 25.4. The normalized spacial score (nSPS) is 23.4. The summed E-state index contributed by atoms with van der Waals surface area (Å²) in [5, 5.41) is 6.21. The van der Waals surface area contributed by atoms with Gasteiger partial charge in [-0.2, -0.15) is 0 Å². The summed E-state index contributed by atoms with van der Waals surface area (Å²) in [4.78, 5) is 74.6. The van der Waals surface area contributed by atoms with Crippen molar-refractivity contribution in [3.63, 3.8) is 0 Å². The van der Waals surface area contributed by atoms with E-state index < -0.39 is 11.2 Å². The maximum absolute atomic E-state index is 15.9. The van der Waals surface area contributed by atoms with Crippen LogP contribution in [0.1, 0.15) is 139 Å². The summed E-state index contributed by atoms with van der Waals surface area (Å²) < 4.78 is 17.9. The molecule has 2 aromatic heterocycles. The number of anilines is 3. The molecule has 356 valence electrons. The van der Waals surface area contributed by atoms with Gasteiger partial charge in [-0.25, -0.2) is 14.4 Å². The molecule has 1 spiro atoms. The van der Waals surface area contributed by atoms with Gasteiger partial charge < -0.3 is 34.8 Å². The maximum atomic E-state index is 15.9. The van der Waals surface area contributed by atoms with Crippen molar-refractivity contribution in [2.75, 3.05) is 49.5 Å². The summed E-state index contributed by atoms with van der Waals surface area (Å²) in [6, 6.07) is 11.6. The highest BCUT2D eigenvalue weighted by molar-refractivity contribution is 6.09. The van der Waals surface area contributed by atoms with E-state index in [2.05, 4.69) is 46.4 Å². The molecule has 2 N–H and O–H groups in total. The van der Waals surface area contributed by atoms with Crippen LogP contribution in [0.4, 0.5) is 21.6 Å². The molecule has 2 saturated carbocycles. The predicted molar refractivity (Wildman–Crippen MR) is 259 cm³/mol. The molecular weight excluding hydrogens is 846 g/mol. The molecule has 6 heterocycles.